The molecule has 0 aromatic heterocycles. The number of nitro benzene ring substituents is 1. The summed E-state index contributed by atoms with van der Waals surface area (Å²) in [6.45, 7) is 1.85. The number of rotatable bonds is 3. The quantitative estimate of drug-likeness (QED) is 0.636. The van der Waals surface area contributed by atoms with E-state index in [2.05, 4.69) is 21.2 Å². The van der Waals surface area contributed by atoms with Gasteiger partial charge < -0.3 is 5.32 Å². The number of hydrogen-bond acceptors (Lipinski definition) is 3. The fourth-order valence-electron chi connectivity index (χ4n) is 1.75. The molecule has 0 heterocycles. The van der Waals surface area contributed by atoms with E-state index in [9.17, 15) is 14.9 Å². The third-order valence-corrected chi connectivity index (χ3v) is 3.95. The van der Waals surface area contributed by atoms with Crippen LogP contribution in [0.3, 0.4) is 0 Å². The van der Waals surface area contributed by atoms with Crippen LogP contribution in [0.15, 0.2) is 40.9 Å². The summed E-state index contributed by atoms with van der Waals surface area (Å²) >= 11 is 9.16. The number of aryl methyl sites for hydroxylation is 1. The molecule has 0 aliphatic rings. The molecule has 0 unspecified atom stereocenters. The highest BCUT2D eigenvalue weighted by Crippen LogP contribution is 2.28. The Balaban J connectivity index is 2.33. The third-order valence-electron chi connectivity index (χ3n) is 2.82. The number of amides is 1. The Hall–Kier alpha value is -1.92. The van der Waals surface area contributed by atoms with Gasteiger partial charge in [-0.1, -0.05) is 27.5 Å². The first-order valence-corrected chi connectivity index (χ1v) is 7.07. The number of halogens is 2. The van der Waals surface area contributed by atoms with E-state index in [-0.39, 0.29) is 11.4 Å². The Morgan fingerprint density at radius 2 is 2.00 bits per heavy atom. The molecular formula is C14H10BrClN2O3. The van der Waals surface area contributed by atoms with E-state index < -0.39 is 10.8 Å². The summed E-state index contributed by atoms with van der Waals surface area (Å²) in [6.07, 6.45) is 0. The monoisotopic (exact) mass is 368 g/mol. The summed E-state index contributed by atoms with van der Waals surface area (Å²) in [7, 11) is 0. The molecule has 0 radical (unpaired) electrons. The summed E-state index contributed by atoms with van der Waals surface area (Å²) in [5.74, 6) is -0.434. The molecule has 0 spiro atoms. The van der Waals surface area contributed by atoms with Gasteiger partial charge in [0.05, 0.1) is 4.92 Å². The predicted molar refractivity (Wildman–Crippen MR) is 84.9 cm³/mol. The summed E-state index contributed by atoms with van der Waals surface area (Å²) < 4.78 is 0.882. The van der Waals surface area contributed by atoms with Gasteiger partial charge in [0, 0.05) is 21.1 Å². The zero-order valence-corrected chi connectivity index (χ0v) is 13.2. The molecule has 2 aromatic rings. The van der Waals surface area contributed by atoms with Crippen LogP contribution in [0.1, 0.15) is 15.9 Å². The van der Waals surface area contributed by atoms with Gasteiger partial charge >= 0.3 is 0 Å². The lowest BCUT2D eigenvalue weighted by Crippen LogP contribution is -2.13. The maximum atomic E-state index is 12.2. The maximum Gasteiger partial charge on any atom is 0.292 e. The summed E-state index contributed by atoms with van der Waals surface area (Å²) in [4.78, 5) is 22.6. The number of nitrogens with one attached hydrogen (secondary N) is 1. The van der Waals surface area contributed by atoms with Crippen LogP contribution in [0.5, 0.6) is 0 Å². The van der Waals surface area contributed by atoms with Crippen LogP contribution in [-0.4, -0.2) is 10.8 Å². The van der Waals surface area contributed by atoms with E-state index >= 15 is 0 Å². The Morgan fingerprint density at radius 1 is 1.29 bits per heavy atom. The highest BCUT2D eigenvalue weighted by Gasteiger charge is 2.17. The van der Waals surface area contributed by atoms with Gasteiger partial charge in [-0.05, 0) is 42.8 Å². The van der Waals surface area contributed by atoms with Gasteiger partial charge in [0.1, 0.15) is 5.69 Å². The average molecular weight is 370 g/mol. The number of carbonyl (C=O) groups excluding carboxylic acids is 1. The molecule has 1 N–H and O–H groups in total. The van der Waals surface area contributed by atoms with E-state index in [1.54, 1.807) is 18.2 Å². The Bertz CT molecular complexity index is 734. The number of nitro groups is 1. The fourth-order valence-corrected chi connectivity index (χ4v) is 2.17. The predicted octanol–water partition coefficient (Wildman–Crippen LogP) is 4.57. The number of anilines is 1. The minimum atomic E-state index is -0.571. The summed E-state index contributed by atoms with van der Waals surface area (Å²) in [5.41, 5.74) is 1.16. The van der Waals surface area contributed by atoms with Gasteiger partial charge in [0.15, 0.2) is 0 Å². The van der Waals surface area contributed by atoms with Crippen LogP contribution in [-0.2, 0) is 0 Å². The molecular weight excluding hydrogens is 360 g/mol. The van der Waals surface area contributed by atoms with E-state index in [1.165, 1.54) is 18.2 Å². The molecule has 2 aromatic carbocycles. The van der Waals surface area contributed by atoms with Crippen molar-refractivity contribution >= 4 is 44.8 Å². The van der Waals surface area contributed by atoms with Gasteiger partial charge in [-0.25, -0.2) is 0 Å². The first-order valence-electron chi connectivity index (χ1n) is 5.90. The van der Waals surface area contributed by atoms with Crippen LogP contribution in [0.2, 0.25) is 5.02 Å². The van der Waals surface area contributed by atoms with E-state index in [1.807, 2.05) is 6.92 Å². The highest BCUT2D eigenvalue weighted by molar-refractivity contribution is 9.10. The van der Waals surface area contributed by atoms with E-state index in [0.717, 1.165) is 10.0 Å². The van der Waals surface area contributed by atoms with Crippen molar-refractivity contribution in [2.24, 2.45) is 0 Å². The van der Waals surface area contributed by atoms with Crippen LogP contribution >= 0.6 is 27.5 Å². The lowest BCUT2D eigenvalue weighted by molar-refractivity contribution is -0.383. The van der Waals surface area contributed by atoms with Gasteiger partial charge in [0.2, 0.25) is 0 Å². The Morgan fingerprint density at radius 3 is 2.62 bits per heavy atom. The first-order chi connectivity index (χ1) is 9.88. The van der Waals surface area contributed by atoms with Crippen LogP contribution in [0.25, 0.3) is 0 Å². The fraction of sp³-hybridized carbons (Fsp3) is 0.0714. The molecule has 0 aliphatic carbocycles. The molecule has 0 saturated carbocycles. The van der Waals surface area contributed by atoms with E-state index in [0.29, 0.717) is 10.6 Å². The van der Waals surface area contributed by atoms with Crippen LogP contribution < -0.4 is 5.32 Å². The van der Waals surface area contributed by atoms with Crippen LogP contribution in [0, 0.1) is 17.0 Å². The van der Waals surface area contributed by atoms with Gasteiger partial charge in [-0.2, -0.15) is 0 Å². The van der Waals surface area contributed by atoms with E-state index in [4.69, 9.17) is 11.6 Å². The van der Waals surface area contributed by atoms with Crippen molar-refractivity contribution in [2.45, 2.75) is 6.92 Å². The minimum Gasteiger partial charge on any atom is -0.316 e. The minimum absolute atomic E-state index is 0.0677. The van der Waals surface area contributed by atoms with Crippen molar-refractivity contribution in [3.63, 3.8) is 0 Å². The average Bonchev–Trinajstić information content (AvgIpc) is 2.41. The van der Waals surface area contributed by atoms with Crippen molar-refractivity contribution in [2.75, 3.05) is 5.32 Å². The molecule has 1 amide bonds. The number of carbonyl (C=O) groups is 1. The zero-order valence-electron chi connectivity index (χ0n) is 10.9. The molecule has 0 saturated heterocycles. The SMILES string of the molecule is Cc1cc(C(=O)Nc2cc(Cl)ccc2[N+](=O)[O-])ccc1Br. The zero-order chi connectivity index (χ0) is 15.6. The third kappa shape index (κ3) is 3.59. The second kappa shape index (κ2) is 6.24. The summed E-state index contributed by atoms with van der Waals surface area (Å²) in [6, 6.07) is 9.07. The van der Waals surface area contributed by atoms with Crippen molar-refractivity contribution in [3.8, 4) is 0 Å². The maximum absolute atomic E-state index is 12.2. The standard InChI is InChI=1S/C14H10BrClN2O3/c1-8-6-9(2-4-11(8)15)14(19)17-12-7-10(16)3-5-13(12)18(20)21/h2-7H,1H3,(H,17,19). The molecule has 108 valence electrons. The molecule has 0 bridgehead atoms. The molecule has 0 fully saturated rings. The van der Waals surface area contributed by atoms with Gasteiger partial charge in [-0.3, -0.25) is 14.9 Å². The van der Waals surface area contributed by atoms with Crippen molar-refractivity contribution in [1.82, 2.24) is 0 Å². The van der Waals surface area contributed by atoms with Gasteiger partial charge in [-0.15, -0.1) is 0 Å². The van der Waals surface area contributed by atoms with Crippen LogP contribution in [0.4, 0.5) is 11.4 Å². The lowest BCUT2D eigenvalue weighted by Gasteiger charge is -2.07. The molecule has 0 aliphatic heterocycles. The van der Waals surface area contributed by atoms with Crippen molar-refractivity contribution in [3.05, 3.63) is 67.1 Å². The Labute approximate surface area is 134 Å². The molecule has 21 heavy (non-hydrogen) atoms. The molecule has 2 rings (SSSR count). The van der Waals surface area contributed by atoms with Crippen molar-refractivity contribution in [1.29, 1.82) is 0 Å². The second-order valence-corrected chi connectivity index (χ2v) is 5.63. The Kier molecular flexibility index (Phi) is 4.59. The summed E-state index contributed by atoms with van der Waals surface area (Å²) in [5, 5.41) is 13.8. The molecule has 5 nitrogen and oxygen atoms in total. The molecule has 7 heteroatoms. The lowest BCUT2D eigenvalue weighted by atomic mass is 10.1. The van der Waals surface area contributed by atoms with Crippen molar-refractivity contribution < 1.29 is 9.72 Å². The topological polar surface area (TPSA) is 72.2 Å². The highest BCUT2D eigenvalue weighted by atomic mass is 79.9. The van der Waals surface area contributed by atoms with Gasteiger partial charge in [0.25, 0.3) is 11.6 Å². The second-order valence-electron chi connectivity index (χ2n) is 4.34. The number of hydrogen-bond donors (Lipinski definition) is 1. The largest absolute Gasteiger partial charge is 0.316 e. The normalized spacial score (nSPS) is 10.2. The smallest absolute Gasteiger partial charge is 0.292 e. The molecule has 0 atom stereocenters. The number of benzene rings is 2. The first kappa shape index (κ1) is 15.5. The number of nitrogens with zero attached hydrogens (tertiary/aromatic N) is 1.